The fourth-order valence-electron chi connectivity index (χ4n) is 1.54. The Morgan fingerprint density at radius 3 is 2.56 bits per heavy atom. The highest BCUT2D eigenvalue weighted by atomic mass is 19.2. The van der Waals surface area contributed by atoms with Crippen LogP contribution in [0.15, 0.2) is 18.2 Å². The molecule has 0 unspecified atom stereocenters. The Balaban J connectivity index is 2.11. The third-order valence-electron chi connectivity index (χ3n) is 2.68. The van der Waals surface area contributed by atoms with Gasteiger partial charge in [-0.2, -0.15) is 5.10 Å². The molecule has 0 saturated carbocycles. The van der Waals surface area contributed by atoms with E-state index in [9.17, 15) is 8.78 Å². The van der Waals surface area contributed by atoms with Gasteiger partial charge in [-0.3, -0.25) is 0 Å². The third-order valence-corrected chi connectivity index (χ3v) is 2.68. The summed E-state index contributed by atoms with van der Waals surface area (Å²) in [6.07, 6.45) is 0. The van der Waals surface area contributed by atoms with E-state index in [2.05, 4.69) is 5.10 Å². The number of aromatic nitrogens is 2. The molecule has 0 aliphatic rings. The number of anilines is 1. The number of hydrogen-bond donors (Lipinski definition) is 1. The van der Waals surface area contributed by atoms with E-state index in [4.69, 9.17) is 10.5 Å². The van der Waals surface area contributed by atoms with Crippen molar-refractivity contribution >= 4 is 5.69 Å². The predicted octanol–water partition coefficient (Wildman–Crippen LogP) is 2.40. The Bertz CT molecular complexity index is 581. The van der Waals surface area contributed by atoms with Gasteiger partial charge in [0.05, 0.1) is 17.1 Å². The Morgan fingerprint density at radius 2 is 2.00 bits per heavy atom. The van der Waals surface area contributed by atoms with Gasteiger partial charge in [-0.15, -0.1) is 0 Å². The second-order valence-corrected chi connectivity index (χ2v) is 3.93. The van der Waals surface area contributed by atoms with Crippen molar-refractivity contribution in [2.75, 3.05) is 5.73 Å². The molecule has 0 amide bonds. The molecule has 1 aromatic heterocycles. The highest BCUT2D eigenvalue weighted by molar-refractivity contribution is 5.46. The van der Waals surface area contributed by atoms with Crippen LogP contribution in [0.5, 0.6) is 5.75 Å². The lowest BCUT2D eigenvalue weighted by atomic mass is 10.3. The first-order valence-electron chi connectivity index (χ1n) is 5.36. The summed E-state index contributed by atoms with van der Waals surface area (Å²) in [6.45, 7) is 3.69. The lowest BCUT2D eigenvalue weighted by Crippen LogP contribution is -2.09. The van der Waals surface area contributed by atoms with Gasteiger partial charge in [-0.25, -0.2) is 13.5 Å². The van der Waals surface area contributed by atoms with Gasteiger partial charge in [0.15, 0.2) is 18.4 Å². The maximum Gasteiger partial charge on any atom is 0.181 e. The summed E-state index contributed by atoms with van der Waals surface area (Å²) >= 11 is 0. The first-order chi connectivity index (χ1) is 8.49. The highest BCUT2D eigenvalue weighted by Crippen LogP contribution is 2.18. The van der Waals surface area contributed by atoms with Gasteiger partial charge >= 0.3 is 0 Å². The quantitative estimate of drug-likeness (QED) is 0.913. The minimum atomic E-state index is -0.944. The van der Waals surface area contributed by atoms with Crippen LogP contribution in [0.25, 0.3) is 0 Å². The monoisotopic (exact) mass is 253 g/mol. The fourth-order valence-corrected chi connectivity index (χ4v) is 1.54. The van der Waals surface area contributed by atoms with E-state index >= 15 is 0 Å². The summed E-state index contributed by atoms with van der Waals surface area (Å²) in [6, 6.07) is 3.36. The van der Waals surface area contributed by atoms with E-state index in [1.165, 1.54) is 6.07 Å². The third kappa shape index (κ3) is 2.27. The summed E-state index contributed by atoms with van der Waals surface area (Å²) in [7, 11) is 0. The van der Waals surface area contributed by atoms with Crippen LogP contribution >= 0.6 is 0 Å². The molecule has 6 heteroatoms. The van der Waals surface area contributed by atoms with Crippen LogP contribution < -0.4 is 10.5 Å². The van der Waals surface area contributed by atoms with Crippen LogP contribution in [0, 0.1) is 25.5 Å². The molecule has 96 valence electrons. The lowest BCUT2D eigenvalue weighted by molar-refractivity contribution is 0.216. The summed E-state index contributed by atoms with van der Waals surface area (Å²) in [4.78, 5) is 0. The zero-order valence-electron chi connectivity index (χ0n) is 10.1. The number of nitrogens with zero attached hydrogens (tertiary/aromatic N) is 2. The molecule has 2 rings (SSSR count). The van der Waals surface area contributed by atoms with Crippen molar-refractivity contribution in [1.29, 1.82) is 0 Å². The smallest absolute Gasteiger partial charge is 0.181 e. The Morgan fingerprint density at radius 1 is 1.28 bits per heavy atom. The topological polar surface area (TPSA) is 53.1 Å². The minimum Gasteiger partial charge on any atom is -0.471 e. The molecule has 0 radical (unpaired) electrons. The molecule has 0 atom stereocenters. The van der Waals surface area contributed by atoms with E-state index in [0.717, 1.165) is 17.8 Å². The molecule has 2 aromatic rings. The maximum atomic E-state index is 13.0. The predicted molar refractivity (Wildman–Crippen MR) is 63.1 cm³/mol. The number of rotatable bonds is 3. The van der Waals surface area contributed by atoms with E-state index in [0.29, 0.717) is 11.4 Å². The largest absolute Gasteiger partial charge is 0.471 e. The number of halogens is 2. The van der Waals surface area contributed by atoms with Crippen molar-refractivity contribution in [1.82, 2.24) is 9.78 Å². The molecule has 4 nitrogen and oxygen atoms in total. The molecule has 0 bridgehead atoms. The van der Waals surface area contributed by atoms with Crippen molar-refractivity contribution in [3.8, 4) is 5.75 Å². The molecular weight excluding hydrogens is 240 g/mol. The summed E-state index contributed by atoms with van der Waals surface area (Å²) in [5.41, 5.74) is 7.85. The molecular formula is C12H13F2N3O. The lowest BCUT2D eigenvalue weighted by Gasteiger charge is -2.08. The van der Waals surface area contributed by atoms with E-state index in [1.54, 1.807) is 11.6 Å². The van der Waals surface area contributed by atoms with Crippen LogP contribution in [-0.4, -0.2) is 9.78 Å². The van der Waals surface area contributed by atoms with Gasteiger partial charge < -0.3 is 10.5 Å². The second kappa shape index (κ2) is 4.64. The Kier molecular flexibility index (Phi) is 3.18. The summed E-state index contributed by atoms with van der Waals surface area (Å²) in [5.74, 6) is -1.61. The molecule has 1 heterocycles. The van der Waals surface area contributed by atoms with Gasteiger partial charge in [0.2, 0.25) is 0 Å². The Hall–Kier alpha value is -2.11. The molecule has 0 fully saturated rings. The Labute approximate surface area is 103 Å². The van der Waals surface area contributed by atoms with Crippen LogP contribution in [0.3, 0.4) is 0 Å². The first-order valence-corrected chi connectivity index (χ1v) is 5.36. The van der Waals surface area contributed by atoms with E-state index in [-0.39, 0.29) is 12.5 Å². The van der Waals surface area contributed by atoms with Gasteiger partial charge in [-0.05, 0) is 26.0 Å². The average Bonchev–Trinajstić information content (AvgIpc) is 2.58. The van der Waals surface area contributed by atoms with Crippen molar-refractivity contribution in [3.63, 3.8) is 0 Å². The zero-order valence-corrected chi connectivity index (χ0v) is 10.1. The average molecular weight is 253 g/mol. The number of ether oxygens (including phenoxy) is 1. The normalized spacial score (nSPS) is 10.7. The van der Waals surface area contributed by atoms with Crippen molar-refractivity contribution in [2.45, 2.75) is 20.6 Å². The van der Waals surface area contributed by atoms with Crippen molar-refractivity contribution < 1.29 is 13.5 Å². The molecule has 2 N–H and O–H groups in total. The first kappa shape index (κ1) is 12.3. The van der Waals surface area contributed by atoms with Gasteiger partial charge in [-0.1, -0.05) is 0 Å². The second-order valence-electron chi connectivity index (χ2n) is 3.93. The van der Waals surface area contributed by atoms with Gasteiger partial charge in [0.1, 0.15) is 5.75 Å². The molecule has 0 spiro atoms. The number of aryl methyl sites for hydroxylation is 1. The molecule has 0 saturated heterocycles. The van der Waals surface area contributed by atoms with Crippen molar-refractivity contribution in [2.24, 2.45) is 0 Å². The maximum absolute atomic E-state index is 13.0. The molecule has 18 heavy (non-hydrogen) atoms. The van der Waals surface area contributed by atoms with E-state index < -0.39 is 11.6 Å². The van der Waals surface area contributed by atoms with Crippen LogP contribution in [-0.2, 0) is 6.73 Å². The zero-order chi connectivity index (χ0) is 13.3. The number of nitrogen functional groups attached to an aromatic ring is 1. The standard InChI is InChI=1S/C12H13F2N3O/c1-7-12(15)8(2)17(16-7)6-18-9-3-4-10(13)11(14)5-9/h3-5H,6,15H2,1-2H3. The van der Waals surface area contributed by atoms with Crippen molar-refractivity contribution in [3.05, 3.63) is 41.2 Å². The van der Waals surface area contributed by atoms with Crippen LogP contribution in [0.2, 0.25) is 0 Å². The molecule has 0 aliphatic heterocycles. The van der Waals surface area contributed by atoms with Crippen LogP contribution in [0.1, 0.15) is 11.4 Å². The number of hydrogen-bond acceptors (Lipinski definition) is 3. The minimum absolute atomic E-state index is 0.0922. The van der Waals surface area contributed by atoms with Crippen LogP contribution in [0.4, 0.5) is 14.5 Å². The highest BCUT2D eigenvalue weighted by Gasteiger charge is 2.09. The number of benzene rings is 1. The molecule has 0 aliphatic carbocycles. The van der Waals surface area contributed by atoms with Gasteiger partial charge in [0.25, 0.3) is 0 Å². The SMILES string of the molecule is Cc1nn(COc2ccc(F)c(F)c2)c(C)c1N. The number of nitrogens with two attached hydrogens (primary N) is 1. The summed E-state index contributed by atoms with van der Waals surface area (Å²) < 4.78 is 32.5. The fraction of sp³-hybridized carbons (Fsp3) is 0.250. The summed E-state index contributed by atoms with van der Waals surface area (Å²) in [5, 5.41) is 4.16. The molecule has 1 aromatic carbocycles. The van der Waals surface area contributed by atoms with E-state index in [1.807, 2.05) is 6.92 Å². The van der Waals surface area contributed by atoms with Gasteiger partial charge in [0, 0.05) is 6.07 Å².